The number of ketones is 1. The summed E-state index contributed by atoms with van der Waals surface area (Å²) in [4.78, 5) is 12.2. The minimum absolute atomic E-state index is 0.110. The van der Waals surface area contributed by atoms with Gasteiger partial charge < -0.3 is 14.6 Å². The average Bonchev–Trinajstić information content (AvgIpc) is 2.48. The number of carbonyl (C=O) groups is 1. The van der Waals surface area contributed by atoms with Gasteiger partial charge in [0.05, 0.1) is 7.11 Å². The second kappa shape index (κ2) is 6.43. The van der Waals surface area contributed by atoms with Crippen LogP contribution >= 0.6 is 15.9 Å². The van der Waals surface area contributed by atoms with Gasteiger partial charge in [0.15, 0.2) is 11.5 Å². The fraction of sp³-hybridized carbons (Fsp3) is 0.133. The van der Waals surface area contributed by atoms with Gasteiger partial charge in [-0.25, -0.2) is 0 Å². The Morgan fingerprint density at radius 3 is 2.30 bits per heavy atom. The molecule has 0 aliphatic heterocycles. The van der Waals surface area contributed by atoms with Gasteiger partial charge in [0, 0.05) is 5.56 Å². The fourth-order valence-corrected chi connectivity index (χ4v) is 2.10. The number of hydrogen-bond acceptors (Lipinski definition) is 4. The van der Waals surface area contributed by atoms with Crippen LogP contribution in [0.1, 0.15) is 10.4 Å². The molecule has 1 N–H and O–H groups in total. The molecule has 1 unspecified atom stereocenters. The second-order valence-electron chi connectivity index (χ2n) is 4.00. The average molecular weight is 337 g/mol. The highest BCUT2D eigenvalue weighted by Crippen LogP contribution is 2.28. The van der Waals surface area contributed by atoms with E-state index in [2.05, 4.69) is 15.9 Å². The first kappa shape index (κ1) is 14.4. The Labute approximate surface area is 125 Å². The predicted molar refractivity (Wildman–Crippen MR) is 78.8 cm³/mol. The molecule has 4 nitrogen and oxygen atoms in total. The van der Waals surface area contributed by atoms with Crippen molar-refractivity contribution in [2.45, 2.75) is 5.01 Å². The molecule has 5 heteroatoms. The molecular formula is C15H13BrO4. The molecule has 0 radical (unpaired) electrons. The molecule has 0 aliphatic carbocycles. The van der Waals surface area contributed by atoms with Crippen LogP contribution in [0, 0.1) is 0 Å². The number of aromatic hydroxyl groups is 1. The molecule has 2 aromatic rings. The Hall–Kier alpha value is -2.01. The van der Waals surface area contributed by atoms with E-state index in [4.69, 9.17) is 9.47 Å². The minimum atomic E-state index is -0.830. The Bertz CT molecular complexity index is 595. The summed E-state index contributed by atoms with van der Waals surface area (Å²) in [6.45, 7) is 0. The number of hydrogen-bond donors (Lipinski definition) is 1. The second-order valence-corrected chi connectivity index (χ2v) is 4.83. The van der Waals surface area contributed by atoms with Crippen molar-refractivity contribution in [3.05, 3.63) is 54.1 Å². The minimum Gasteiger partial charge on any atom is -0.508 e. The largest absolute Gasteiger partial charge is 0.508 e. The van der Waals surface area contributed by atoms with Crippen molar-refractivity contribution in [3.8, 4) is 17.2 Å². The van der Waals surface area contributed by atoms with Crippen LogP contribution in [0.2, 0.25) is 0 Å². The van der Waals surface area contributed by atoms with Crippen LogP contribution in [-0.4, -0.2) is 23.0 Å². The van der Waals surface area contributed by atoms with Crippen LogP contribution in [0.4, 0.5) is 0 Å². The third-order valence-electron chi connectivity index (χ3n) is 2.66. The third kappa shape index (κ3) is 3.30. The molecule has 0 spiro atoms. The number of benzene rings is 2. The summed E-state index contributed by atoms with van der Waals surface area (Å²) < 4.78 is 10.7. The molecule has 0 fully saturated rings. The number of para-hydroxylation sites is 2. The van der Waals surface area contributed by atoms with Crippen molar-refractivity contribution in [2.75, 3.05) is 7.11 Å². The zero-order valence-corrected chi connectivity index (χ0v) is 12.3. The molecule has 2 aromatic carbocycles. The lowest BCUT2D eigenvalue weighted by Gasteiger charge is -2.14. The number of Topliss-reactive ketones (excluding diaryl/α,β-unsaturated/α-hetero) is 1. The number of methoxy groups -OCH3 is 1. The molecule has 0 amide bonds. The van der Waals surface area contributed by atoms with Gasteiger partial charge in [0.2, 0.25) is 10.8 Å². The van der Waals surface area contributed by atoms with E-state index in [0.29, 0.717) is 17.1 Å². The highest BCUT2D eigenvalue weighted by Gasteiger charge is 2.20. The number of phenols is 1. The van der Waals surface area contributed by atoms with Crippen LogP contribution in [0.25, 0.3) is 0 Å². The summed E-state index contributed by atoms with van der Waals surface area (Å²) in [5, 5.41) is 8.38. The van der Waals surface area contributed by atoms with Crippen molar-refractivity contribution in [1.29, 1.82) is 0 Å². The molecular weight excluding hydrogens is 324 g/mol. The number of carbonyl (C=O) groups excluding carboxylic acids is 1. The van der Waals surface area contributed by atoms with Crippen LogP contribution in [0.15, 0.2) is 48.5 Å². The molecule has 0 aliphatic rings. The fourth-order valence-electron chi connectivity index (χ4n) is 1.64. The van der Waals surface area contributed by atoms with Gasteiger partial charge in [-0.1, -0.05) is 12.1 Å². The molecule has 0 bridgehead atoms. The van der Waals surface area contributed by atoms with Gasteiger partial charge in [0.1, 0.15) is 5.75 Å². The molecule has 0 saturated carbocycles. The van der Waals surface area contributed by atoms with Crippen molar-refractivity contribution < 1.29 is 19.4 Å². The first-order valence-corrected chi connectivity index (χ1v) is 6.80. The summed E-state index contributed by atoms with van der Waals surface area (Å²) in [6.07, 6.45) is 0. The topological polar surface area (TPSA) is 55.8 Å². The van der Waals surface area contributed by atoms with Crippen molar-refractivity contribution in [2.24, 2.45) is 0 Å². The zero-order chi connectivity index (χ0) is 14.5. The van der Waals surface area contributed by atoms with Gasteiger partial charge in [-0.3, -0.25) is 4.79 Å². The lowest BCUT2D eigenvalue weighted by molar-refractivity contribution is 0.0895. The molecule has 0 heterocycles. The van der Waals surface area contributed by atoms with E-state index in [-0.39, 0.29) is 11.5 Å². The number of ether oxygens (including phenoxy) is 2. The maximum Gasteiger partial charge on any atom is 0.215 e. The monoisotopic (exact) mass is 336 g/mol. The SMILES string of the molecule is COc1ccccc1OC(Br)C(=O)c1ccc(O)cc1. The zero-order valence-electron chi connectivity index (χ0n) is 10.7. The summed E-state index contributed by atoms with van der Waals surface area (Å²) >= 11 is 3.21. The highest BCUT2D eigenvalue weighted by atomic mass is 79.9. The van der Waals surface area contributed by atoms with Gasteiger partial charge in [0.25, 0.3) is 0 Å². The van der Waals surface area contributed by atoms with Crippen molar-refractivity contribution in [1.82, 2.24) is 0 Å². The molecule has 0 aromatic heterocycles. The Kier molecular flexibility index (Phi) is 4.63. The number of rotatable bonds is 5. The maximum atomic E-state index is 12.2. The summed E-state index contributed by atoms with van der Waals surface area (Å²) in [7, 11) is 1.53. The summed E-state index contributed by atoms with van der Waals surface area (Å²) in [5.41, 5.74) is 0.444. The first-order valence-electron chi connectivity index (χ1n) is 5.89. The van der Waals surface area contributed by atoms with Crippen molar-refractivity contribution in [3.63, 3.8) is 0 Å². The Morgan fingerprint density at radius 1 is 1.10 bits per heavy atom. The standard InChI is InChI=1S/C15H13BrO4/c1-19-12-4-2-3-5-13(12)20-15(16)14(18)10-6-8-11(17)9-7-10/h2-9,15,17H,1H3. The normalized spacial score (nSPS) is 11.7. The predicted octanol–water partition coefficient (Wildman–Crippen LogP) is 3.38. The number of alkyl halides is 1. The molecule has 104 valence electrons. The molecule has 0 saturated heterocycles. The highest BCUT2D eigenvalue weighted by molar-refractivity contribution is 9.09. The summed E-state index contributed by atoms with van der Waals surface area (Å²) in [6, 6.07) is 13.1. The van der Waals surface area contributed by atoms with E-state index < -0.39 is 5.01 Å². The number of phenolic OH excluding ortho intramolecular Hbond substituents is 1. The third-order valence-corrected chi connectivity index (χ3v) is 3.26. The Balaban J connectivity index is 2.13. The van der Waals surface area contributed by atoms with Gasteiger partial charge in [-0.2, -0.15) is 0 Å². The lowest BCUT2D eigenvalue weighted by Crippen LogP contribution is -2.21. The van der Waals surface area contributed by atoms with E-state index >= 15 is 0 Å². The quantitative estimate of drug-likeness (QED) is 0.671. The van der Waals surface area contributed by atoms with Crippen LogP contribution in [0.5, 0.6) is 17.2 Å². The van der Waals surface area contributed by atoms with Gasteiger partial charge in [-0.05, 0) is 52.3 Å². The first-order chi connectivity index (χ1) is 9.61. The number of halogens is 1. The van der Waals surface area contributed by atoms with Crippen LogP contribution in [-0.2, 0) is 0 Å². The lowest BCUT2D eigenvalue weighted by atomic mass is 10.1. The van der Waals surface area contributed by atoms with E-state index in [1.165, 1.54) is 31.4 Å². The maximum absolute atomic E-state index is 12.2. The molecule has 1 atom stereocenters. The van der Waals surface area contributed by atoms with Crippen molar-refractivity contribution >= 4 is 21.7 Å². The smallest absolute Gasteiger partial charge is 0.215 e. The van der Waals surface area contributed by atoms with E-state index in [1.807, 2.05) is 6.07 Å². The molecule has 2 rings (SSSR count). The van der Waals surface area contributed by atoms with E-state index in [9.17, 15) is 9.90 Å². The van der Waals surface area contributed by atoms with Gasteiger partial charge >= 0.3 is 0 Å². The van der Waals surface area contributed by atoms with Crippen LogP contribution < -0.4 is 9.47 Å². The van der Waals surface area contributed by atoms with Crippen LogP contribution in [0.3, 0.4) is 0 Å². The van der Waals surface area contributed by atoms with E-state index in [0.717, 1.165) is 0 Å². The Morgan fingerprint density at radius 2 is 1.70 bits per heavy atom. The van der Waals surface area contributed by atoms with E-state index in [1.54, 1.807) is 18.2 Å². The molecule has 20 heavy (non-hydrogen) atoms. The van der Waals surface area contributed by atoms with Gasteiger partial charge in [-0.15, -0.1) is 0 Å². The summed E-state index contributed by atoms with van der Waals surface area (Å²) in [5.74, 6) is 0.897.